The van der Waals surface area contributed by atoms with Gasteiger partial charge in [-0.1, -0.05) is 53.2 Å². The van der Waals surface area contributed by atoms with Gasteiger partial charge in [-0.15, -0.1) is 23.5 Å². The lowest BCUT2D eigenvalue weighted by Crippen LogP contribution is -2.70. The molecular weight excluding hydrogens is 534 g/mol. The SMILES string of the molecule is O=C(CSc1ccccc1)N[C@@H]1C(=O)N2C(C(=O)O)=C(/C=C/c3cc(-c4ccc(Cl)cc4)no3)CS[C@H]12. The van der Waals surface area contributed by atoms with Crippen molar-refractivity contribution in [3.8, 4) is 11.3 Å². The third kappa shape index (κ3) is 5.46. The molecular formula is C26H20ClN3O5S2. The van der Waals surface area contributed by atoms with E-state index in [1.807, 2.05) is 42.5 Å². The average molecular weight is 554 g/mol. The van der Waals surface area contributed by atoms with Crippen LogP contribution in [-0.2, 0) is 14.4 Å². The Labute approximate surface area is 225 Å². The van der Waals surface area contributed by atoms with Crippen molar-refractivity contribution in [2.24, 2.45) is 0 Å². The average Bonchev–Trinajstić information content (AvgIpc) is 3.38. The van der Waals surface area contributed by atoms with E-state index in [0.29, 0.717) is 27.8 Å². The van der Waals surface area contributed by atoms with Gasteiger partial charge in [0.1, 0.15) is 22.8 Å². The maximum atomic E-state index is 12.9. The molecule has 0 unspecified atom stereocenters. The summed E-state index contributed by atoms with van der Waals surface area (Å²) in [5.74, 6) is -0.970. The zero-order chi connectivity index (χ0) is 25.9. The number of halogens is 1. The summed E-state index contributed by atoms with van der Waals surface area (Å²) in [5, 5.41) is 16.8. The van der Waals surface area contributed by atoms with E-state index >= 15 is 0 Å². The van der Waals surface area contributed by atoms with Crippen molar-refractivity contribution in [1.29, 1.82) is 0 Å². The van der Waals surface area contributed by atoms with Crippen molar-refractivity contribution in [1.82, 2.24) is 15.4 Å². The lowest BCUT2D eigenvalue weighted by atomic mass is 10.0. The van der Waals surface area contributed by atoms with Gasteiger partial charge in [-0.2, -0.15) is 0 Å². The van der Waals surface area contributed by atoms with Crippen LogP contribution in [0.15, 0.2) is 87.4 Å². The number of β-lactam (4-membered cyclic amide) rings is 1. The molecule has 1 fully saturated rings. The smallest absolute Gasteiger partial charge is 0.352 e. The van der Waals surface area contributed by atoms with Crippen LogP contribution in [-0.4, -0.2) is 55.9 Å². The number of aliphatic carboxylic acids is 1. The molecule has 0 aliphatic carbocycles. The number of aromatic nitrogens is 1. The van der Waals surface area contributed by atoms with Gasteiger partial charge in [0.25, 0.3) is 5.91 Å². The number of thioether (sulfide) groups is 2. The summed E-state index contributed by atoms with van der Waals surface area (Å²) in [7, 11) is 0. The first-order valence-corrected chi connectivity index (χ1v) is 13.6. The number of carboxylic acid groups (broad SMARTS) is 1. The molecule has 188 valence electrons. The molecule has 0 bridgehead atoms. The Balaban J connectivity index is 1.26. The number of carbonyl (C=O) groups excluding carboxylic acids is 2. The minimum absolute atomic E-state index is 0.0911. The van der Waals surface area contributed by atoms with Crippen molar-refractivity contribution in [3.05, 3.63) is 88.8 Å². The number of carbonyl (C=O) groups is 3. The topological polar surface area (TPSA) is 113 Å². The second-order valence-electron chi connectivity index (χ2n) is 8.19. The largest absolute Gasteiger partial charge is 0.477 e. The summed E-state index contributed by atoms with van der Waals surface area (Å²) in [6.07, 6.45) is 3.24. The van der Waals surface area contributed by atoms with E-state index in [2.05, 4.69) is 10.5 Å². The number of nitrogens with zero attached hydrogens (tertiary/aromatic N) is 2. The zero-order valence-electron chi connectivity index (χ0n) is 19.2. The van der Waals surface area contributed by atoms with Crippen molar-refractivity contribution in [2.75, 3.05) is 11.5 Å². The Morgan fingerprint density at radius 1 is 1.19 bits per heavy atom. The minimum atomic E-state index is -1.21. The third-order valence-corrected chi connectivity index (χ3v) is 8.31. The Kier molecular flexibility index (Phi) is 7.40. The second kappa shape index (κ2) is 10.9. The number of carboxylic acids is 1. The molecule has 2 atom stereocenters. The number of hydrogen-bond donors (Lipinski definition) is 2. The predicted molar refractivity (Wildman–Crippen MR) is 143 cm³/mol. The highest BCUT2D eigenvalue weighted by atomic mass is 35.5. The lowest BCUT2D eigenvalue weighted by Gasteiger charge is -2.49. The van der Waals surface area contributed by atoms with Gasteiger partial charge in [0.15, 0.2) is 5.76 Å². The molecule has 2 aromatic carbocycles. The van der Waals surface area contributed by atoms with E-state index in [9.17, 15) is 19.5 Å². The fraction of sp³-hybridized carbons (Fsp3) is 0.154. The van der Waals surface area contributed by atoms with Crippen molar-refractivity contribution >= 4 is 59.0 Å². The fourth-order valence-corrected chi connectivity index (χ4v) is 6.13. The molecule has 0 saturated carbocycles. The molecule has 8 nitrogen and oxygen atoms in total. The van der Waals surface area contributed by atoms with Crippen LogP contribution in [0.4, 0.5) is 0 Å². The number of allylic oxidation sites excluding steroid dienone is 1. The van der Waals surface area contributed by atoms with E-state index in [0.717, 1.165) is 10.5 Å². The minimum Gasteiger partial charge on any atom is -0.477 e. The normalized spacial score (nSPS) is 19.1. The monoisotopic (exact) mass is 553 g/mol. The molecule has 1 saturated heterocycles. The van der Waals surface area contributed by atoms with Gasteiger partial charge in [-0.3, -0.25) is 14.5 Å². The summed E-state index contributed by atoms with van der Waals surface area (Å²) in [5.41, 5.74) is 1.82. The van der Waals surface area contributed by atoms with Crippen LogP contribution < -0.4 is 5.32 Å². The summed E-state index contributed by atoms with van der Waals surface area (Å²) in [6.45, 7) is 0. The standard InChI is InChI=1S/C26H20ClN3O5S2/c27-17-9-6-15(7-10-17)20-12-18(35-29-20)11-8-16-13-37-25-22(24(32)30(25)23(16)26(33)34)28-21(31)14-36-19-4-2-1-3-5-19/h1-12,22,25H,13-14H2,(H,28,31)(H,33,34)/b11-8+/t22-,25-/m1/s1. The van der Waals surface area contributed by atoms with E-state index in [1.165, 1.54) is 28.4 Å². The van der Waals surface area contributed by atoms with E-state index < -0.39 is 23.3 Å². The maximum absolute atomic E-state index is 12.9. The Morgan fingerprint density at radius 3 is 2.68 bits per heavy atom. The van der Waals surface area contributed by atoms with E-state index in [-0.39, 0.29) is 17.4 Å². The first-order valence-electron chi connectivity index (χ1n) is 11.2. The molecule has 2 aliphatic rings. The van der Waals surface area contributed by atoms with E-state index in [4.69, 9.17) is 16.1 Å². The Morgan fingerprint density at radius 2 is 1.95 bits per heavy atom. The van der Waals surface area contributed by atoms with Crippen LogP contribution in [0.3, 0.4) is 0 Å². The second-order valence-corrected chi connectivity index (χ2v) is 10.8. The van der Waals surface area contributed by atoms with Gasteiger partial charge in [-0.25, -0.2) is 4.79 Å². The molecule has 0 spiro atoms. The van der Waals surface area contributed by atoms with Crippen LogP contribution in [0.1, 0.15) is 5.76 Å². The molecule has 37 heavy (non-hydrogen) atoms. The lowest BCUT2D eigenvalue weighted by molar-refractivity contribution is -0.150. The Bertz CT molecular complexity index is 1410. The van der Waals surface area contributed by atoms with Crippen LogP contribution in [0.25, 0.3) is 17.3 Å². The molecule has 3 heterocycles. The number of nitrogens with one attached hydrogen (secondary N) is 1. The fourth-order valence-electron chi connectivity index (χ4n) is 3.96. The number of fused-ring (bicyclic) bond motifs is 1. The first-order chi connectivity index (χ1) is 17.9. The number of benzene rings is 2. The van der Waals surface area contributed by atoms with Crippen LogP contribution >= 0.6 is 35.1 Å². The maximum Gasteiger partial charge on any atom is 0.352 e. The van der Waals surface area contributed by atoms with Gasteiger partial charge in [-0.05, 0) is 35.9 Å². The van der Waals surface area contributed by atoms with Crippen molar-refractivity contribution in [2.45, 2.75) is 16.3 Å². The Hall–Kier alpha value is -3.47. The van der Waals surface area contributed by atoms with Gasteiger partial charge in [0.2, 0.25) is 5.91 Å². The van der Waals surface area contributed by atoms with Crippen LogP contribution in [0.2, 0.25) is 5.02 Å². The zero-order valence-corrected chi connectivity index (χ0v) is 21.6. The molecule has 1 aromatic heterocycles. The molecule has 3 aromatic rings. The number of rotatable bonds is 8. The quantitative estimate of drug-likeness (QED) is 0.309. The van der Waals surface area contributed by atoms with Gasteiger partial charge in [0, 0.05) is 27.3 Å². The highest BCUT2D eigenvalue weighted by Gasteiger charge is 2.53. The van der Waals surface area contributed by atoms with Crippen molar-refractivity contribution in [3.63, 3.8) is 0 Å². The van der Waals surface area contributed by atoms with Gasteiger partial charge in [0.05, 0.1) is 5.75 Å². The first kappa shape index (κ1) is 25.2. The summed E-state index contributed by atoms with van der Waals surface area (Å²) in [4.78, 5) is 39.6. The molecule has 2 amide bonds. The highest BCUT2D eigenvalue weighted by Crippen LogP contribution is 2.41. The van der Waals surface area contributed by atoms with Crippen molar-refractivity contribution < 1.29 is 24.0 Å². The molecule has 2 N–H and O–H groups in total. The summed E-state index contributed by atoms with van der Waals surface area (Å²) in [6, 6.07) is 17.6. The van der Waals surface area contributed by atoms with Gasteiger partial charge < -0.3 is 14.9 Å². The summed E-state index contributed by atoms with van der Waals surface area (Å²) >= 11 is 8.70. The summed E-state index contributed by atoms with van der Waals surface area (Å²) < 4.78 is 5.36. The molecule has 11 heteroatoms. The number of hydrogen-bond acceptors (Lipinski definition) is 7. The number of amides is 2. The third-order valence-electron chi connectivity index (χ3n) is 5.75. The van der Waals surface area contributed by atoms with Crippen LogP contribution in [0.5, 0.6) is 0 Å². The molecule has 5 rings (SSSR count). The van der Waals surface area contributed by atoms with Crippen LogP contribution in [0, 0.1) is 0 Å². The molecule has 0 radical (unpaired) electrons. The highest BCUT2D eigenvalue weighted by molar-refractivity contribution is 8.00. The van der Waals surface area contributed by atoms with Gasteiger partial charge >= 0.3 is 5.97 Å². The predicted octanol–water partition coefficient (Wildman–Crippen LogP) is 4.54. The van der Waals surface area contributed by atoms with E-state index in [1.54, 1.807) is 30.4 Å². The molecule has 2 aliphatic heterocycles.